The predicted octanol–water partition coefficient (Wildman–Crippen LogP) is 3.11. The van der Waals surface area contributed by atoms with Crippen molar-refractivity contribution in [3.8, 4) is 11.3 Å². The molecule has 6 heteroatoms. The third kappa shape index (κ3) is 3.71. The van der Waals surface area contributed by atoms with E-state index >= 15 is 0 Å². The van der Waals surface area contributed by atoms with E-state index in [2.05, 4.69) is 10.5 Å². The number of carbonyl (C=O) groups excluding carboxylic acids is 1. The maximum Gasteiger partial charge on any atom is 0.323 e. The van der Waals surface area contributed by atoms with Crippen LogP contribution in [0.1, 0.15) is 26.2 Å². The first kappa shape index (κ1) is 15.6. The predicted molar refractivity (Wildman–Crippen MR) is 87.0 cm³/mol. The summed E-state index contributed by atoms with van der Waals surface area (Å²) in [5.74, 6) is 1.01. The minimum Gasteiger partial charge on any atom is -0.393 e. The summed E-state index contributed by atoms with van der Waals surface area (Å²) in [6.45, 7) is 2.45. The highest BCUT2D eigenvalue weighted by atomic mass is 16.5. The topological polar surface area (TPSA) is 78.6 Å². The molecule has 1 aliphatic heterocycles. The number of aliphatic hydroxyl groups is 1. The Morgan fingerprint density at radius 3 is 3.00 bits per heavy atom. The lowest BCUT2D eigenvalue weighted by Crippen LogP contribution is -2.40. The Kier molecular flexibility index (Phi) is 4.62. The fourth-order valence-electron chi connectivity index (χ4n) is 3.00. The molecule has 0 spiro atoms. The fraction of sp³-hybridized carbons (Fsp3) is 0.412. The van der Waals surface area contributed by atoms with Crippen molar-refractivity contribution in [1.82, 2.24) is 10.1 Å². The molecular formula is C17H21N3O3. The number of carbonyl (C=O) groups is 1. The summed E-state index contributed by atoms with van der Waals surface area (Å²) in [6, 6.07) is 11.2. The third-order valence-corrected chi connectivity index (χ3v) is 4.05. The maximum absolute atomic E-state index is 12.4. The van der Waals surface area contributed by atoms with Crippen molar-refractivity contribution in [3.63, 3.8) is 0 Å². The van der Waals surface area contributed by atoms with Crippen molar-refractivity contribution in [3.05, 3.63) is 36.4 Å². The van der Waals surface area contributed by atoms with Crippen LogP contribution in [0.4, 0.5) is 10.6 Å². The van der Waals surface area contributed by atoms with Crippen LogP contribution in [-0.2, 0) is 0 Å². The summed E-state index contributed by atoms with van der Waals surface area (Å²) in [5.41, 5.74) is 0.911. The van der Waals surface area contributed by atoms with Crippen LogP contribution in [0, 0.1) is 0 Å². The van der Waals surface area contributed by atoms with Gasteiger partial charge >= 0.3 is 6.03 Å². The van der Waals surface area contributed by atoms with E-state index in [-0.39, 0.29) is 12.1 Å². The van der Waals surface area contributed by atoms with Gasteiger partial charge in [-0.25, -0.2) is 4.79 Å². The van der Waals surface area contributed by atoms with Crippen molar-refractivity contribution in [1.29, 1.82) is 0 Å². The lowest BCUT2D eigenvalue weighted by Gasteiger charge is -2.25. The van der Waals surface area contributed by atoms with Crippen LogP contribution in [-0.4, -0.2) is 39.9 Å². The number of nitrogens with one attached hydrogen (secondary N) is 1. The number of amides is 2. The van der Waals surface area contributed by atoms with Gasteiger partial charge in [-0.2, -0.15) is 0 Å². The van der Waals surface area contributed by atoms with Gasteiger partial charge in [0.05, 0.1) is 6.10 Å². The van der Waals surface area contributed by atoms with Gasteiger partial charge in [-0.3, -0.25) is 5.32 Å². The summed E-state index contributed by atoms with van der Waals surface area (Å²) >= 11 is 0. The summed E-state index contributed by atoms with van der Waals surface area (Å²) in [7, 11) is 0. The summed E-state index contributed by atoms with van der Waals surface area (Å²) in [6.07, 6.45) is 2.07. The molecule has 2 heterocycles. The largest absolute Gasteiger partial charge is 0.393 e. The van der Waals surface area contributed by atoms with E-state index in [0.29, 0.717) is 24.5 Å². The van der Waals surface area contributed by atoms with Crippen LogP contribution < -0.4 is 5.32 Å². The lowest BCUT2D eigenvalue weighted by atomic mass is 10.1. The number of likely N-dealkylation sites (tertiary alicyclic amines) is 1. The summed E-state index contributed by atoms with van der Waals surface area (Å²) < 4.78 is 5.28. The molecule has 2 N–H and O–H groups in total. The second kappa shape index (κ2) is 6.83. The second-order valence-corrected chi connectivity index (χ2v) is 5.95. The zero-order chi connectivity index (χ0) is 16.2. The minimum absolute atomic E-state index is 0.0792. The number of rotatable bonds is 4. The molecular weight excluding hydrogens is 294 g/mol. The van der Waals surface area contributed by atoms with Crippen LogP contribution in [0.15, 0.2) is 40.9 Å². The molecule has 1 fully saturated rings. The first-order valence-electron chi connectivity index (χ1n) is 7.91. The molecule has 2 amide bonds. The molecule has 1 aromatic heterocycles. The van der Waals surface area contributed by atoms with E-state index in [9.17, 15) is 9.90 Å². The molecule has 1 aromatic carbocycles. The highest BCUT2D eigenvalue weighted by molar-refractivity contribution is 5.89. The molecule has 23 heavy (non-hydrogen) atoms. The van der Waals surface area contributed by atoms with Crippen LogP contribution in [0.25, 0.3) is 11.3 Å². The number of nitrogens with zero attached hydrogens (tertiary/aromatic N) is 2. The normalized spacial score (nSPS) is 18.9. The maximum atomic E-state index is 12.4. The molecule has 122 valence electrons. The van der Waals surface area contributed by atoms with Crippen LogP contribution in [0.3, 0.4) is 0 Å². The Bertz CT molecular complexity index is 654. The van der Waals surface area contributed by atoms with Crippen molar-refractivity contribution >= 4 is 11.8 Å². The van der Waals surface area contributed by atoms with Crippen LogP contribution in [0.2, 0.25) is 0 Å². The lowest BCUT2D eigenvalue weighted by molar-refractivity contribution is 0.142. The van der Waals surface area contributed by atoms with Gasteiger partial charge in [-0.1, -0.05) is 35.5 Å². The van der Waals surface area contributed by atoms with Crippen molar-refractivity contribution < 1.29 is 14.4 Å². The zero-order valence-corrected chi connectivity index (χ0v) is 13.1. The quantitative estimate of drug-likeness (QED) is 0.908. The van der Waals surface area contributed by atoms with E-state index in [1.54, 1.807) is 17.9 Å². The van der Waals surface area contributed by atoms with E-state index in [1.807, 2.05) is 30.3 Å². The van der Waals surface area contributed by atoms with Gasteiger partial charge in [0.1, 0.15) is 0 Å². The summed E-state index contributed by atoms with van der Waals surface area (Å²) in [4.78, 5) is 14.2. The standard InChI is InChI=1S/C17H21N3O3/c1-12(21)10-14-8-5-9-20(14)17(22)18-16-11-15(23-19-16)13-6-3-2-4-7-13/h2-4,6-7,11-12,14,21H,5,8-10H2,1H3,(H,18,19,22). The van der Waals surface area contributed by atoms with Gasteiger partial charge < -0.3 is 14.5 Å². The number of urea groups is 1. The molecule has 1 aliphatic rings. The zero-order valence-electron chi connectivity index (χ0n) is 13.1. The van der Waals surface area contributed by atoms with Crippen molar-refractivity contribution in [2.24, 2.45) is 0 Å². The minimum atomic E-state index is -0.412. The van der Waals surface area contributed by atoms with Crippen molar-refractivity contribution in [2.45, 2.75) is 38.3 Å². The van der Waals surface area contributed by atoms with Crippen molar-refractivity contribution in [2.75, 3.05) is 11.9 Å². The Balaban J connectivity index is 1.65. The highest BCUT2D eigenvalue weighted by Crippen LogP contribution is 2.25. The monoisotopic (exact) mass is 315 g/mol. The van der Waals surface area contributed by atoms with Crippen LogP contribution >= 0.6 is 0 Å². The Morgan fingerprint density at radius 2 is 2.26 bits per heavy atom. The molecule has 2 aromatic rings. The molecule has 1 saturated heterocycles. The number of hydrogen-bond donors (Lipinski definition) is 2. The molecule has 2 atom stereocenters. The Hall–Kier alpha value is -2.34. The summed E-state index contributed by atoms with van der Waals surface area (Å²) in [5, 5.41) is 16.2. The van der Waals surface area contributed by atoms with E-state index in [1.165, 1.54) is 0 Å². The third-order valence-electron chi connectivity index (χ3n) is 4.05. The number of benzene rings is 1. The first-order valence-corrected chi connectivity index (χ1v) is 7.91. The Labute approximate surface area is 135 Å². The number of aromatic nitrogens is 1. The molecule has 0 radical (unpaired) electrons. The molecule has 0 bridgehead atoms. The molecule has 6 nitrogen and oxygen atoms in total. The van der Waals surface area contributed by atoms with Crippen LogP contribution in [0.5, 0.6) is 0 Å². The van der Waals surface area contributed by atoms with Gasteiger partial charge in [-0.15, -0.1) is 0 Å². The molecule has 0 saturated carbocycles. The molecule has 0 aliphatic carbocycles. The number of aliphatic hydroxyl groups excluding tert-OH is 1. The Morgan fingerprint density at radius 1 is 1.48 bits per heavy atom. The number of anilines is 1. The van der Waals surface area contributed by atoms with E-state index < -0.39 is 6.10 Å². The highest BCUT2D eigenvalue weighted by Gasteiger charge is 2.30. The van der Waals surface area contributed by atoms with Gasteiger partial charge in [0, 0.05) is 24.2 Å². The first-order chi connectivity index (χ1) is 11.1. The number of hydrogen-bond acceptors (Lipinski definition) is 4. The molecule has 3 rings (SSSR count). The molecule has 2 unspecified atom stereocenters. The second-order valence-electron chi connectivity index (χ2n) is 5.95. The van der Waals surface area contributed by atoms with Gasteiger partial charge in [0.2, 0.25) is 0 Å². The average Bonchev–Trinajstić information content (AvgIpc) is 3.17. The average molecular weight is 315 g/mol. The fourth-order valence-corrected chi connectivity index (χ4v) is 3.00. The van der Waals surface area contributed by atoms with E-state index in [0.717, 1.165) is 18.4 Å². The van der Waals surface area contributed by atoms with Gasteiger partial charge in [0.25, 0.3) is 0 Å². The smallest absolute Gasteiger partial charge is 0.323 e. The van der Waals surface area contributed by atoms with Gasteiger partial charge in [0.15, 0.2) is 11.6 Å². The SMILES string of the molecule is CC(O)CC1CCCN1C(=O)Nc1cc(-c2ccccc2)on1. The van der Waals surface area contributed by atoms with Gasteiger partial charge in [-0.05, 0) is 26.2 Å². The van der Waals surface area contributed by atoms with E-state index in [4.69, 9.17) is 4.52 Å².